The van der Waals surface area contributed by atoms with Crippen molar-refractivity contribution in [3.05, 3.63) is 94.9 Å². The first-order valence-corrected chi connectivity index (χ1v) is 10.4. The van der Waals surface area contributed by atoms with E-state index in [4.69, 9.17) is 20.8 Å². The third kappa shape index (κ3) is 7.28. The van der Waals surface area contributed by atoms with Gasteiger partial charge in [0.2, 0.25) is 0 Å². The number of carbonyl (C=O) groups excluding carboxylic acids is 3. The molecular formula is C24H23ClN2O5. The minimum Gasteiger partial charge on any atom is -0.459 e. The number of benzene rings is 2. The second kappa shape index (κ2) is 11.7. The van der Waals surface area contributed by atoms with E-state index in [-0.39, 0.29) is 12.2 Å². The Morgan fingerprint density at radius 3 is 2.38 bits per heavy atom. The van der Waals surface area contributed by atoms with Crippen molar-refractivity contribution in [1.82, 2.24) is 10.6 Å². The van der Waals surface area contributed by atoms with Gasteiger partial charge in [-0.25, -0.2) is 4.79 Å². The molecule has 0 saturated carbocycles. The number of hydrogen-bond donors (Lipinski definition) is 2. The Kier molecular flexibility index (Phi) is 8.45. The number of rotatable bonds is 10. The topological polar surface area (TPSA) is 97.6 Å². The molecule has 0 aliphatic carbocycles. The molecule has 0 aliphatic rings. The van der Waals surface area contributed by atoms with Gasteiger partial charge in [0.25, 0.3) is 11.8 Å². The molecule has 0 saturated heterocycles. The van der Waals surface area contributed by atoms with Crippen molar-refractivity contribution >= 4 is 29.4 Å². The zero-order valence-electron chi connectivity index (χ0n) is 17.3. The van der Waals surface area contributed by atoms with Crippen molar-refractivity contribution < 1.29 is 23.5 Å². The van der Waals surface area contributed by atoms with E-state index in [1.807, 2.05) is 42.5 Å². The first-order chi connectivity index (χ1) is 15.5. The Hall–Kier alpha value is -3.58. The fourth-order valence-electron chi connectivity index (χ4n) is 2.97. The van der Waals surface area contributed by atoms with Crippen molar-refractivity contribution in [1.29, 1.82) is 0 Å². The number of esters is 1. The molecule has 3 aromatic rings. The van der Waals surface area contributed by atoms with E-state index in [1.165, 1.54) is 12.3 Å². The van der Waals surface area contributed by atoms with Crippen molar-refractivity contribution in [2.75, 3.05) is 13.2 Å². The van der Waals surface area contributed by atoms with Crippen LogP contribution in [0.2, 0.25) is 5.02 Å². The Balaban J connectivity index is 1.51. The van der Waals surface area contributed by atoms with Crippen molar-refractivity contribution in [2.24, 2.45) is 0 Å². The summed E-state index contributed by atoms with van der Waals surface area (Å²) >= 11 is 5.85. The lowest BCUT2D eigenvalue weighted by Crippen LogP contribution is -2.44. The molecule has 3 rings (SSSR count). The van der Waals surface area contributed by atoms with Gasteiger partial charge in [-0.05, 0) is 41.8 Å². The van der Waals surface area contributed by atoms with E-state index >= 15 is 0 Å². The van der Waals surface area contributed by atoms with Gasteiger partial charge in [0.1, 0.15) is 6.04 Å². The van der Waals surface area contributed by atoms with Crippen LogP contribution in [0, 0.1) is 0 Å². The van der Waals surface area contributed by atoms with Crippen molar-refractivity contribution in [2.45, 2.75) is 18.9 Å². The monoisotopic (exact) mass is 454 g/mol. The molecule has 0 radical (unpaired) electrons. The van der Waals surface area contributed by atoms with Crippen LogP contribution in [0.3, 0.4) is 0 Å². The highest BCUT2D eigenvalue weighted by Gasteiger charge is 2.25. The van der Waals surface area contributed by atoms with E-state index in [1.54, 1.807) is 18.2 Å². The van der Waals surface area contributed by atoms with Crippen LogP contribution in [0.4, 0.5) is 0 Å². The molecule has 1 atom stereocenters. The third-order valence-electron chi connectivity index (χ3n) is 4.61. The van der Waals surface area contributed by atoms with E-state index in [9.17, 15) is 14.4 Å². The highest BCUT2D eigenvalue weighted by molar-refractivity contribution is 6.30. The summed E-state index contributed by atoms with van der Waals surface area (Å²) in [6.07, 6.45) is 2.20. The number of halogens is 1. The van der Waals surface area contributed by atoms with E-state index in [2.05, 4.69) is 10.6 Å². The summed E-state index contributed by atoms with van der Waals surface area (Å²) in [5.74, 6) is -1.60. The van der Waals surface area contributed by atoms with Gasteiger partial charge in [0.05, 0.1) is 6.26 Å². The molecule has 0 aliphatic heterocycles. The first-order valence-electron chi connectivity index (χ1n) is 10.1. The Morgan fingerprint density at radius 2 is 1.69 bits per heavy atom. The average Bonchev–Trinajstić information content (AvgIpc) is 3.34. The van der Waals surface area contributed by atoms with Crippen LogP contribution in [0.25, 0.3) is 0 Å². The summed E-state index contributed by atoms with van der Waals surface area (Å²) in [4.78, 5) is 37.0. The molecule has 1 aromatic heterocycles. The highest BCUT2D eigenvalue weighted by Crippen LogP contribution is 2.10. The fourth-order valence-corrected chi connectivity index (χ4v) is 3.09. The fraction of sp³-hybridized carbons (Fsp3) is 0.208. The molecule has 32 heavy (non-hydrogen) atoms. The summed E-state index contributed by atoms with van der Waals surface area (Å²) in [7, 11) is 0. The minimum absolute atomic E-state index is 0.0794. The number of hydrogen-bond acceptors (Lipinski definition) is 5. The molecular weight excluding hydrogens is 432 g/mol. The van der Waals surface area contributed by atoms with Crippen LogP contribution in [-0.2, 0) is 27.2 Å². The van der Waals surface area contributed by atoms with Gasteiger partial charge >= 0.3 is 5.97 Å². The van der Waals surface area contributed by atoms with Gasteiger partial charge in [-0.3, -0.25) is 9.59 Å². The molecule has 0 unspecified atom stereocenters. The molecule has 166 valence electrons. The lowest BCUT2D eigenvalue weighted by Gasteiger charge is -2.17. The second-order valence-electron chi connectivity index (χ2n) is 7.03. The van der Waals surface area contributed by atoms with E-state index in [0.717, 1.165) is 11.1 Å². The predicted octanol–water partition coefficient (Wildman–Crippen LogP) is 3.18. The van der Waals surface area contributed by atoms with E-state index < -0.39 is 30.4 Å². The molecule has 2 amide bonds. The Bertz CT molecular complexity index is 1020. The smallest absolute Gasteiger partial charge is 0.329 e. The maximum atomic E-state index is 12.6. The lowest BCUT2D eigenvalue weighted by molar-refractivity contribution is -0.150. The molecule has 2 aromatic carbocycles. The van der Waals surface area contributed by atoms with Gasteiger partial charge in [-0.15, -0.1) is 0 Å². The van der Waals surface area contributed by atoms with Gasteiger partial charge in [0, 0.05) is 18.0 Å². The summed E-state index contributed by atoms with van der Waals surface area (Å²) in [6, 6.07) is 18.6. The summed E-state index contributed by atoms with van der Waals surface area (Å²) < 4.78 is 10.2. The number of furan rings is 1. The molecule has 8 heteroatoms. The number of amides is 2. The van der Waals surface area contributed by atoms with Crippen molar-refractivity contribution in [3.63, 3.8) is 0 Å². The first kappa shape index (κ1) is 23.1. The number of nitrogens with one attached hydrogen (secondary N) is 2. The lowest BCUT2D eigenvalue weighted by atomic mass is 10.1. The Labute approximate surface area is 190 Å². The molecule has 1 heterocycles. The van der Waals surface area contributed by atoms with Crippen LogP contribution in [0.15, 0.2) is 77.4 Å². The van der Waals surface area contributed by atoms with Crippen molar-refractivity contribution in [3.8, 4) is 0 Å². The maximum Gasteiger partial charge on any atom is 0.329 e. The maximum absolute atomic E-state index is 12.6. The standard InChI is InChI=1S/C24H23ClN2O5/c25-19-10-8-17(9-11-19)12-13-26-22(28)16-32-24(30)20(15-18-5-2-1-3-6-18)27-23(29)21-7-4-14-31-21/h1-11,14,20H,12-13,15-16H2,(H,26,28)(H,27,29)/t20-/m0/s1. The van der Waals surface area contributed by atoms with Crippen LogP contribution < -0.4 is 10.6 Å². The largest absolute Gasteiger partial charge is 0.459 e. The average molecular weight is 455 g/mol. The summed E-state index contributed by atoms with van der Waals surface area (Å²) in [5, 5.41) is 5.96. The molecule has 7 nitrogen and oxygen atoms in total. The molecule has 0 fully saturated rings. The molecule has 2 N–H and O–H groups in total. The summed E-state index contributed by atoms with van der Waals surface area (Å²) in [6.45, 7) is -0.0535. The normalized spacial score (nSPS) is 11.4. The number of ether oxygens (including phenoxy) is 1. The van der Waals surface area contributed by atoms with Gasteiger partial charge in [-0.2, -0.15) is 0 Å². The Morgan fingerprint density at radius 1 is 0.938 bits per heavy atom. The van der Waals surface area contributed by atoms with Gasteiger partial charge < -0.3 is 19.8 Å². The molecule has 0 bridgehead atoms. The van der Waals surface area contributed by atoms with Crippen LogP contribution in [0.5, 0.6) is 0 Å². The van der Waals surface area contributed by atoms with Gasteiger partial charge in [0.15, 0.2) is 12.4 Å². The van der Waals surface area contributed by atoms with E-state index in [0.29, 0.717) is 18.0 Å². The summed E-state index contributed by atoms with van der Waals surface area (Å²) in [5.41, 5.74) is 1.86. The third-order valence-corrected chi connectivity index (χ3v) is 4.86. The van der Waals surface area contributed by atoms with Gasteiger partial charge in [-0.1, -0.05) is 54.1 Å². The highest BCUT2D eigenvalue weighted by atomic mass is 35.5. The second-order valence-corrected chi connectivity index (χ2v) is 7.46. The zero-order chi connectivity index (χ0) is 22.8. The number of carbonyl (C=O) groups is 3. The van der Waals surface area contributed by atoms with Crippen LogP contribution in [-0.4, -0.2) is 37.0 Å². The van der Waals surface area contributed by atoms with Crippen LogP contribution >= 0.6 is 11.6 Å². The zero-order valence-corrected chi connectivity index (χ0v) is 18.0. The minimum atomic E-state index is -0.975. The SMILES string of the molecule is O=C(COC(=O)[C@H](Cc1ccccc1)NC(=O)c1ccco1)NCCc1ccc(Cl)cc1. The predicted molar refractivity (Wildman–Crippen MR) is 119 cm³/mol. The molecule has 0 spiro atoms. The quantitative estimate of drug-likeness (QED) is 0.458. The van der Waals surface area contributed by atoms with Crippen LogP contribution in [0.1, 0.15) is 21.7 Å².